The second-order valence-corrected chi connectivity index (χ2v) is 8.61. The van der Waals surface area contributed by atoms with E-state index in [0.717, 1.165) is 22.6 Å². The second kappa shape index (κ2) is 10.6. The number of aromatic nitrogens is 3. The Hall–Kier alpha value is -3.29. The van der Waals surface area contributed by atoms with Crippen molar-refractivity contribution in [3.05, 3.63) is 83.4 Å². The van der Waals surface area contributed by atoms with Crippen LogP contribution in [0.1, 0.15) is 12.5 Å². The molecule has 0 aliphatic rings. The Bertz CT molecular complexity index is 1240. The highest BCUT2D eigenvalue weighted by molar-refractivity contribution is 7.99. The lowest BCUT2D eigenvalue weighted by Gasteiger charge is -2.12. The van der Waals surface area contributed by atoms with Crippen LogP contribution in [0.2, 0.25) is 5.02 Å². The molecule has 0 aliphatic carbocycles. The average Bonchev–Trinajstić information content (AvgIpc) is 3.25. The van der Waals surface area contributed by atoms with Crippen LogP contribution >= 0.6 is 23.4 Å². The maximum Gasteiger partial charge on any atom is 0.234 e. The van der Waals surface area contributed by atoms with Crippen molar-refractivity contribution in [2.75, 3.05) is 17.7 Å². The average molecular weight is 479 g/mol. The van der Waals surface area contributed by atoms with Crippen molar-refractivity contribution in [2.24, 2.45) is 0 Å². The standard InChI is InChI=1S/C25H23ClN4O2S/c1-3-32-21-13-11-20(12-14-21)30-24(18-7-5-4-6-8-18)28-29-25(30)33-16-23(31)27-22-15-19(26)10-9-17(22)2/h4-15H,3,16H2,1-2H3,(H,27,31). The number of carbonyl (C=O) groups is 1. The van der Waals surface area contributed by atoms with Gasteiger partial charge in [0.15, 0.2) is 11.0 Å². The molecule has 0 spiro atoms. The number of hydrogen-bond acceptors (Lipinski definition) is 5. The molecular formula is C25H23ClN4O2S. The summed E-state index contributed by atoms with van der Waals surface area (Å²) in [6.45, 7) is 4.48. The molecule has 0 radical (unpaired) electrons. The number of hydrogen-bond donors (Lipinski definition) is 1. The second-order valence-electron chi connectivity index (χ2n) is 7.23. The van der Waals surface area contributed by atoms with Gasteiger partial charge < -0.3 is 10.1 Å². The van der Waals surface area contributed by atoms with Gasteiger partial charge in [-0.3, -0.25) is 9.36 Å². The number of halogens is 1. The van der Waals surface area contributed by atoms with E-state index < -0.39 is 0 Å². The van der Waals surface area contributed by atoms with Gasteiger partial charge in [-0.15, -0.1) is 10.2 Å². The Balaban J connectivity index is 1.59. The third kappa shape index (κ3) is 5.56. The molecule has 3 aromatic carbocycles. The zero-order valence-electron chi connectivity index (χ0n) is 18.3. The predicted octanol–water partition coefficient (Wildman–Crippen LogP) is 6.03. The third-order valence-corrected chi connectivity index (χ3v) is 6.04. The van der Waals surface area contributed by atoms with Crippen molar-refractivity contribution in [3.8, 4) is 22.8 Å². The smallest absolute Gasteiger partial charge is 0.234 e. The maximum absolute atomic E-state index is 12.6. The fourth-order valence-electron chi connectivity index (χ4n) is 3.27. The molecule has 6 nitrogen and oxygen atoms in total. The lowest BCUT2D eigenvalue weighted by atomic mass is 10.2. The van der Waals surface area contributed by atoms with Crippen LogP contribution < -0.4 is 10.1 Å². The van der Waals surface area contributed by atoms with Crippen LogP contribution in [-0.4, -0.2) is 33.0 Å². The molecule has 0 unspecified atom stereocenters. The molecule has 1 heterocycles. The van der Waals surface area contributed by atoms with E-state index in [-0.39, 0.29) is 11.7 Å². The number of aryl methyl sites for hydroxylation is 1. The van der Waals surface area contributed by atoms with Crippen LogP contribution in [0.3, 0.4) is 0 Å². The first-order valence-corrected chi connectivity index (χ1v) is 11.8. The minimum absolute atomic E-state index is 0.145. The molecule has 0 saturated heterocycles. The topological polar surface area (TPSA) is 69.0 Å². The van der Waals surface area contributed by atoms with Crippen LogP contribution in [0, 0.1) is 6.92 Å². The Morgan fingerprint density at radius 1 is 1.06 bits per heavy atom. The first kappa shape index (κ1) is 22.9. The number of nitrogens with zero attached hydrogens (tertiary/aromatic N) is 3. The van der Waals surface area contributed by atoms with Crippen molar-refractivity contribution in [1.29, 1.82) is 0 Å². The molecule has 1 amide bonds. The summed E-state index contributed by atoms with van der Waals surface area (Å²) in [5.74, 6) is 1.53. The molecule has 4 rings (SSSR count). The molecule has 4 aromatic rings. The SMILES string of the molecule is CCOc1ccc(-n2c(SCC(=O)Nc3cc(Cl)ccc3C)nnc2-c2ccccc2)cc1. The predicted molar refractivity (Wildman–Crippen MR) is 134 cm³/mol. The fraction of sp³-hybridized carbons (Fsp3) is 0.160. The quantitative estimate of drug-likeness (QED) is 0.313. The van der Waals surface area contributed by atoms with E-state index >= 15 is 0 Å². The molecule has 33 heavy (non-hydrogen) atoms. The normalized spacial score (nSPS) is 10.8. The van der Waals surface area contributed by atoms with Gasteiger partial charge in [0.2, 0.25) is 5.91 Å². The number of nitrogens with one attached hydrogen (secondary N) is 1. The van der Waals surface area contributed by atoms with E-state index in [2.05, 4.69) is 15.5 Å². The number of rotatable bonds is 8. The van der Waals surface area contributed by atoms with Crippen molar-refractivity contribution in [3.63, 3.8) is 0 Å². The van der Waals surface area contributed by atoms with Gasteiger partial charge in [-0.2, -0.15) is 0 Å². The van der Waals surface area contributed by atoms with E-state index in [1.807, 2.05) is 79.1 Å². The lowest BCUT2D eigenvalue weighted by Crippen LogP contribution is -2.15. The van der Waals surface area contributed by atoms with E-state index in [0.29, 0.717) is 28.3 Å². The summed E-state index contributed by atoms with van der Waals surface area (Å²) < 4.78 is 7.52. The first-order valence-electron chi connectivity index (χ1n) is 10.5. The highest BCUT2D eigenvalue weighted by Crippen LogP contribution is 2.29. The largest absolute Gasteiger partial charge is 0.494 e. The van der Waals surface area contributed by atoms with Gasteiger partial charge in [0.25, 0.3) is 0 Å². The number of benzene rings is 3. The number of ether oxygens (including phenoxy) is 1. The van der Waals surface area contributed by atoms with Crippen LogP contribution in [0.25, 0.3) is 17.1 Å². The van der Waals surface area contributed by atoms with Crippen molar-refractivity contribution in [1.82, 2.24) is 14.8 Å². The Morgan fingerprint density at radius 3 is 2.55 bits per heavy atom. The summed E-state index contributed by atoms with van der Waals surface area (Å²) in [5, 5.41) is 12.9. The van der Waals surface area contributed by atoms with Gasteiger partial charge in [-0.25, -0.2) is 0 Å². The molecule has 0 saturated carbocycles. The zero-order chi connectivity index (χ0) is 23.2. The summed E-state index contributed by atoms with van der Waals surface area (Å²) in [6, 6.07) is 23.0. The van der Waals surface area contributed by atoms with E-state index in [9.17, 15) is 4.79 Å². The van der Waals surface area contributed by atoms with Crippen LogP contribution in [0.5, 0.6) is 5.75 Å². The minimum Gasteiger partial charge on any atom is -0.494 e. The number of carbonyl (C=O) groups excluding carboxylic acids is 1. The van der Waals surface area contributed by atoms with E-state index in [1.165, 1.54) is 11.8 Å². The van der Waals surface area contributed by atoms with Gasteiger partial charge in [-0.1, -0.05) is 59.8 Å². The number of amides is 1. The molecule has 0 atom stereocenters. The highest BCUT2D eigenvalue weighted by atomic mass is 35.5. The van der Waals surface area contributed by atoms with E-state index in [1.54, 1.807) is 12.1 Å². The van der Waals surface area contributed by atoms with E-state index in [4.69, 9.17) is 16.3 Å². The Morgan fingerprint density at radius 2 is 1.82 bits per heavy atom. The van der Waals surface area contributed by atoms with Crippen LogP contribution in [0.4, 0.5) is 5.69 Å². The number of anilines is 1. The summed E-state index contributed by atoms with van der Waals surface area (Å²) in [4.78, 5) is 12.6. The molecule has 0 fully saturated rings. The molecule has 0 bridgehead atoms. The van der Waals surface area contributed by atoms with Gasteiger partial charge in [0.1, 0.15) is 5.75 Å². The Kier molecular flexibility index (Phi) is 7.32. The summed E-state index contributed by atoms with van der Waals surface area (Å²) in [7, 11) is 0. The molecule has 1 N–H and O–H groups in total. The Labute approximate surface area is 202 Å². The van der Waals surface area contributed by atoms with Crippen LogP contribution in [-0.2, 0) is 4.79 Å². The van der Waals surface area contributed by atoms with Crippen molar-refractivity contribution >= 4 is 35.0 Å². The molecule has 1 aromatic heterocycles. The molecule has 0 aliphatic heterocycles. The summed E-state index contributed by atoms with van der Waals surface area (Å²) in [6.07, 6.45) is 0. The van der Waals surface area contributed by atoms with Crippen molar-refractivity contribution < 1.29 is 9.53 Å². The molecule has 168 valence electrons. The third-order valence-electron chi connectivity index (χ3n) is 4.88. The van der Waals surface area contributed by atoms with Gasteiger partial charge in [0.05, 0.1) is 12.4 Å². The molecule has 8 heteroatoms. The summed E-state index contributed by atoms with van der Waals surface area (Å²) in [5.41, 5.74) is 3.47. The minimum atomic E-state index is -0.145. The first-order chi connectivity index (χ1) is 16.0. The van der Waals surface area contributed by atoms with Crippen LogP contribution in [0.15, 0.2) is 78.0 Å². The van der Waals surface area contributed by atoms with Crippen molar-refractivity contribution in [2.45, 2.75) is 19.0 Å². The molecular weight excluding hydrogens is 456 g/mol. The monoisotopic (exact) mass is 478 g/mol. The van der Waals surface area contributed by atoms with Gasteiger partial charge in [0, 0.05) is 22.0 Å². The fourth-order valence-corrected chi connectivity index (χ4v) is 4.20. The number of thioether (sulfide) groups is 1. The zero-order valence-corrected chi connectivity index (χ0v) is 19.9. The van der Waals surface area contributed by atoms with Gasteiger partial charge in [-0.05, 0) is 55.8 Å². The summed E-state index contributed by atoms with van der Waals surface area (Å²) >= 11 is 7.39. The van der Waals surface area contributed by atoms with Gasteiger partial charge >= 0.3 is 0 Å². The highest BCUT2D eigenvalue weighted by Gasteiger charge is 2.17. The lowest BCUT2D eigenvalue weighted by molar-refractivity contribution is -0.113. The maximum atomic E-state index is 12.6.